The average molecular weight is 419 g/mol. The number of hydroxylamine groups is 1. The zero-order valence-electron chi connectivity index (χ0n) is 16.8. The molecule has 0 saturated carbocycles. The van der Waals surface area contributed by atoms with E-state index in [1.54, 1.807) is 0 Å². The summed E-state index contributed by atoms with van der Waals surface area (Å²) in [5, 5.41) is 0. The Morgan fingerprint density at radius 2 is 1.62 bits per heavy atom. The first-order valence-electron chi connectivity index (χ1n) is 10.1. The lowest BCUT2D eigenvalue weighted by Crippen LogP contribution is -2.23. The van der Waals surface area contributed by atoms with Crippen LogP contribution in [0.4, 0.5) is 0 Å². The first-order valence-corrected chi connectivity index (χ1v) is 11.6. The summed E-state index contributed by atoms with van der Waals surface area (Å²) >= 11 is 0. The molecule has 2 unspecified atom stereocenters. The highest BCUT2D eigenvalue weighted by Crippen LogP contribution is 2.47. The topological polar surface area (TPSA) is 84.9 Å². The molecule has 0 saturated heterocycles. The Labute approximate surface area is 172 Å². The molecule has 0 bridgehead atoms. The quantitative estimate of drug-likeness (QED) is 0.255. The van der Waals surface area contributed by atoms with Crippen molar-refractivity contribution in [1.29, 1.82) is 0 Å². The van der Waals surface area contributed by atoms with Gasteiger partial charge in [0.1, 0.15) is 0 Å². The molecule has 0 aromatic heterocycles. The maximum Gasteiger partial charge on any atom is 0.494 e. The Morgan fingerprint density at radius 3 is 2.28 bits per heavy atom. The van der Waals surface area contributed by atoms with E-state index in [-0.39, 0.29) is 6.42 Å². The molecule has 6 nitrogen and oxygen atoms in total. The van der Waals surface area contributed by atoms with Gasteiger partial charge in [0.05, 0.1) is 6.10 Å². The van der Waals surface area contributed by atoms with Crippen LogP contribution < -0.4 is 5.48 Å². The van der Waals surface area contributed by atoms with Gasteiger partial charge in [0, 0.05) is 12.8 Å². The van der Waals surface area contributed by atoms with Gasteiger partial charge < -0.3 is 4.89 Å². The molecule has 2 atom stereocenters. The molecule has 158 valence electrons. The number of rotatable bonds is 13. The molecule has 0 radical (unpaired) electrons. The van der Waals surface area contributed by atoms with Crippen molar-refractivity contribution in [3.8, 4) is 0 Å². The number of nitrogens with one attached hydrogen (secondary N) is 1. The number of hydrogen-bond donors (Lipinski definition) is 2. The fourth-order valence-electron chi connectivity index (χ4n) is 2.94. The Balaban J connectivity index is 1.91. The van der Waals surface area contributed by atoms with Crippen LogP contribution in [-0.2, 0) is 24.9 Å². The average Bonchev–Trinajstić information content (AvgIpc) is 2.73. The number of phosphoric acid groups is 1. The van der Waals surface area contributed by atoms with E-state index in [9.17, 15) is 14.3 Å². The highest BCUT2D eigenvalue weighted by atomic mass is 31.2. The number of carbonyl (C=O) groups is 1. The van der Waals surface area contributed by atoms with Gasteiger partial charge in [-0.2, -0.15) is 4.62 Å². The van der Waals surface area contributed by atoms with Crippen LogP contribution in [0.25, 0.3) is 0 Å². The van der Waals surface area contributed by atoms with Crippen molar-refractivity contribution < 1.29 is 23.4 Å². The summed E-state index contributed by atoms with van der Waals surface area (Å²) in [6.45, 7) is 2.12. The third-order valence-corrected chi connectivity index (χ3v) is 5.32. The minimum absolute atomic E-state index is 0.246. The molecule has 2 aromatic carbocycles. The number of amides is 1. The standard InChI is InChI=1S/C22H30NO5P/c1-2-3-4-5-12-17-22(24)23-28-29(25,26)27-21(20-15-10-7-11-16-20)18-19-13-8-6-9-14-19/h6-11,13-16,21H,2-5,12,17-18H2,1H3,(H,23,24)(H,25,26). The molecular formula is C22H30NO5P. The third-order valence-electron chi connectivity index (χ3n) is 4.48. The van der Waals surface area contributed by atoms with Gasteiger partial charge in [-0.15, -0.1) is 0 Å². The fraction of sp³-hybridized carbons (Fsp3) is 0.409. The van der Waals surface area contributed by atoms with E-state index in [1.165, 1.54) is 0 Å². The fourth-order valence-corrected chi connectivity index (χ4v) is 3.72. The minimum Gasteiger partial charge on any atom is -0.301 e. The summed E-state index contributed by atoms with van der Waals surface area (Å²) < 4.78 is 22.6. The van der Waals surface area contributed by atoms with Crippen LogP contribution in [-0.4, -0.2) is 10.8 Å². The van der Waals surface area contributed by atoms with Crippen LogP contribution in [0.2, 0.25) is 0 Å². The van der Waals surface area contributed by atoms with Gasteiger partial charge in [-0.1, -0.05) is 93.3 Å². The highest BCUT2D eigenvalue weighted by molar-refractivity contribution is 7.47. The number of benzene rings is 2. The summed E-state index contributed by atoms with van der Waals surface area (Å²) in [6, 6.07) is 18.7. The zero-order valence-corrected chi connectivity index (χ0v) is 17.7. The Hall–Kier alpha value is -1.98. The molecule has 2 rings (SSSR count). The molecule has 29 heavy (non-hydrogen) atoms. The van der Waals surface area contributed by atoms with Gasteiger partial charge in [0.2, 0.25) is 5.91 Å². The second-order valence-electron chi connectivity index (χ2n) is 6.94. The lowest BCUT2D eigenvalue weighted by molar-refractivity contribution is -0.129. The first kappa shape index (κ1) is 23.3. The number of unbranched alkanes of at least 4 members (excludes halogenated alkanes) is 4. The zero-order chi connectivity index (χ0) is 21.0. The molecule has 0 fully saturated rings. The van der Waals surface area contributed by atoms with Crippen LogP contribution in [0, 0.1) is 0 Å². The predicted molar refractivity (Wildman–Crippen MR) is 113 cm³/mol. The second kappa shape index (κ2) is 12.6. The highest BCUT2D eigenvalue weighted by Gasteiger charge is 2.29. The third kappa shape index (κ3) is 9.37. The lowest BCUT2D eigenvalue weighted by atomic mass is 10.0. The molecule has 0 aliphatic rings. The smallest absolute Gasteiger partial charge is 0.301 e. The van der Waals surface area contributed by atoms with Crippen molar-refractivity contribution in [3.05, 3.63) is 71.8 Å². The maximum atomic E-state index is 12.4. The van der Waals surface area contributed by atoms with Gasteiger partial charge in [-0.05, 0) is 17.5 Å². The molecule has 0 aliphatic carbocycles. The lowest BCUT2D eigenvalue weighted by Gasteiger charge is -2.21. The Bertz CT molecular complexity index is 769. The number of hydrogen-bond acceptors (Lipinski definition) is 4. The van der Waals surface area contributed by atoms with Crippen molar-refractivity contribution in [2.24, 2.45) is 0 Å². The summed E-state index contributed by atoms with van der Waals surface area (Å²) in [5.74, 6) is -0.432. The van der Waals surface area contributed by atoms with Crippen LogP contribution >= 0.6 is 7.82 Å². The summed E-state index contributed by atoms with van der Waals surface area (Å²) in [6.07, 6.45) is 4.95. The van der Waals surface area contributed by atoms with Crippen molar-refractivity contribution in [2.75, 3.05) is 0 Å². The summed E-state index contributed by atoms with van der Waals surface area (Å²) in [7, 11) is -4.49. The van der Waals surface area contributed by atoms with Gasteiger partial charge >= 0.3 is 7.82 Å². The minimum atomic E-state index is -4.49. The molecule has 7 heteroatoms. The molecule has 0 aliphatic heterocycles. The molecule has 2 N–H and O–H groups in total. The van der Waals surface area contributed by atoms with Crippen molar-refractivity contribution in [1.82, 2.24) is 5.48 Å². The van der Waals surface area contributed by atoms with Gasteiger partial charge in [-0.3, -0.25) is 9.32 Å². The largest absolute Gasteiger partial charge is 0.494 e. The van der Waals surface area contributed by atoms with Crippen molar-refractivity contribution >= 4 is 13.7 Å². The molecule has 0 spiro atoms. The van der Waals surface area contributed by atoms with Crippen LogP contribution in [0.1, 0.15) is 62.7 Å². The van der Waals surface area contributed by atoms with E-state index < -0.39 is 19.8 Å². The van der Waals surface area contributed by atoms with Gasteiger partial charge in [-0.25, -0.2) is 10.0 Å². The summed E-state index contributed by atoms with van der Waals surface area (Å²) in [5.41, 5.74) is 3.76. The SMILES string of the molecule is CCCCCCCC(=O)NOP(=O)(O)OC(Cc1ccccc1)c1ccccc1. The second-order valence-corrected chi connectivity index (χ2v) is 8.27. The van der Waals surface area contributed by atoms with Crippen molar-refractivity contribution in [3.63, 3.8) is 0 Å². The first-order chi connectivity index (χ1) is 14.0. The number of phosphoric ester groups is 1. The van der Waals surface area contributed by atoms with E-state index in [4.69, 9.17) is 9.15 Å². The van der Waals surface area contributed by atoms with E-state index in [1.807, 2.05) is 60.7 Å². The number of carbonyl (C=O) groups excluding carboxylic acids is 1. The molecular weight excluding hydrogens is 389 g/mol. The van der Waals surface area contributed by atoms with Gasteiger partial charge in [0.25, 0.3) is 0 Å². The predicted octanol–water partition coefficient (Wildman–Crippen LogP) is 5.50. The molecule has 0 heterocycles. The molecule has 1 amide bonds. The Morgan fingerprint density at radius 1 is 1.00 bits per heavy atom. The van der Waals surface area contributed by atoms with E-state index in [2.05, 4.69) is 12.4 Å². The Kier molecular flexibility index (Phi) is 10.1. The van der Waals surface area contributed by atoms with E-state index in [0.29, 0.717) is 12.8 Å². The van der Waals surface area contributed by atoms with Crippen molar-refractivity contribution in [2.45, 2.75) is 58.0 Å². The monoisotopic (exact) mass is 419 g/mol. The molecule has 2 aromatic rings. The summed E-state index contributed by atoms with van der Waals surface area (Å²) in [4.78, 5) is 22.0. The van der Waals surface area contributed by atoms with Crippen LogP contribution in [0.5, 0.6) is 0 Å². The normalized spacial score (nSPS) is 14.1. The van der Waals surface area contributed by atoms with Crippen LogP contribution in [0.15, 0.2) is 60.7 Å². The van der Waals surface area contributed by atoms with Crippen LogP contribution in [0.3, 0.4) is 0 Å². The van der Waals surface area contributed by atoms with E-state index >= 15 is 0 Å². The maximum absolute atomic E-state index is 12.4. The van der Waals surface area contributed by atoms with E-state index in [0.717, 1.165) is 36.8 Å². The van der Waals surface area contributed by atoms with Gasteiger partial charge in [0.15, 0.2) is 0 Å².